The van der Waals surface area contributed by atoms with Crippen molar-refractivity contribution in [3.8, 4) is 0 Å². The molecule has 0 bridgehead atoms. The number of rotatable bonds is 5. The van der Waals surface area contributed by atoms with Gasteiger partial charge < -0.3 is 10.5 Å². The van der Waals surface area contributed by atoms with Gasteiger partial charge in [-0.1, -0.05) is 28.9 Å². The predicted molar refractivity (Wildman–Crippen MR) is 71.7 cm³/mol. The molecular formula is C13H17BrF3NO. The number of benzene rings is 1. The van der Waals surface area contributed by atoms with Crippen molar-refractivity contribution in [3.05, 3.63) is 33.8 Å². The zero-order valence-corrected chi connectivity index (χ0v) is 12.4. The Balaban J connectivity index is 2.95. The highest BCUT2D eigenvalue weighted by Gasteiger charge is 2.33. The zero-order chi connectivity index (χ0) is 14.6. The molecule has 0 aliphatic carbocycles. The molecule has 0 heterocycles. The fraction of sp³-hybridized carbons (Fsp3) is 0.538. The van der Waals surface area contributed by atoms with Crippen molar-refractivity contribution in [3.63, 3.8) is 0 Å². The summed E-state index contributed by atoms with van der Waals surface area (Å²) in [5.74, 6) is 0.0437. The van der Waals surface area contributed by atoms with Gasteiger partial charge in [0.1, 0.15) is 0 Å². The van der Waals surface area contributed by atoms with E-state index in [1.54, 1.807) is 13.2 Å². The molecule has 0 fully saturated rings. The molecule has 0 aliphatic heterocycles. The molecule has 6 heteroatoms. The summed E-state index contributed by atoms with van der Waals surface area (Å²) in [6.07, 6.45) is -3.68. The summed E-state index contributed by atoms with van der Waals surface area (Å²) in [7, 11) is 1.58. The number of nitrogens with two attached hydrogens (primary N) is 1. The Morgan fingerprint density at radius 2 is 2.00 bits per heavy atom. The molecule has 0 radical (unpaired) electrons. The molecule has 19 heavy (non-hydrogen) atoms. The van der Waals surface area contributed by atoms with Crippen molar-refractivity contribution >= 4 is 15.9 Å². The molecule has 2 atom stereocenters. The van der Waals surface area contributed by atoms with E-state index < -0.39 is 17.8 Å². The van der Waals surface area contributed by atoms with E-state index in [0.717, 1.165) is 6.07 Å². The normalized spacial score (nSPS) is 15.3. The van der Waals surface area contributed by atoms with Gasteiger partial charge in [0.05, 0.1) is 5.56 Å². The van der Waals surface area contributed by atoms with Crippen molar-refractivity contribution in [2.24, 2.45) is 11.7 Å². The van der Waals surface area contributed by atoms with Crippen LogP contribution in [0.5, 0.6) is 0 Å². The van der Waals surface area contributed by atoms with E-state index in [2.05, 4.69) is 15.9 Å². The molecule has 2 N–H and O–H groups in total. The SMILES string of the molecule is COCCC(C)C(N)c1ccc(Br)c(C(F)(F)F)c1. The number of hydrogen-bond donors (Lipinski definition) is 1. The molecule has 0 aromatic heterocycles. The van der Waals surface area contributed by atoms with Gasteiger partial charge in [-0.3, -0.25) is 0 Å². The van der Waals surface area contributed by atoms with Gasteiger partial charge in [-0.05, 0) is 30.0 Å². The third-order valence-electron chi connectivity index (χ3n) is 3.07. The molecule has 0 spiro atoms. The number of alkyl halides is 3. The van der Waals surface area contributed by atoms with Crippen LogP contribution >= 0.6 is 15.9 Å². The summed E-state index contributed by atoms with van der Waals surface area (Å²) >= 11 is 2.91. The van der Waals surface area contributed by atoms with Crippen LogP contribution in [0, 0.1) is 5.92 Å². The van der Waals surface area contributed by atoms with E-state index in [0.29, 0.717) is 18.6 Å². The molecule has 0 saturated heterocycles. The first-order valence-electron chi connectivity index (χ1n) is 5.88. The summed E-state index contributed by atoms with van der Waals surface area (Å²) in [5, 5.41) is 0. The van der Waals surface area contributed by atoms with E-state index in [9.17, 15) is 13.2 Å². The second-order valence-electron chi connectivity index (χ2n) is 4.52. The average molecular weight is 340 g/mol. The van der Waals surface area contributed by atoms with Gasteiger partial charge in [0, 0.05) is 24.2 Å². The van der Waals surface area contributed by atoms with Gasteiger partial charge in [0.15, 0.2) is 0 Å². The molecule has 0 amide bonds. The largest absolute Gasteiger partial charge is 0.417 e. The number of ether oxygens (including phenoxy) is 1. The van der Waals surface area contributed by atoms with Crippen LogP contribution < -0.4 is 5.73 Å². The summed E-state index contributed by atoms with van der Waals surface area (Å²) < 4.78 is 43.4. The maximum Gasteiger partial charge on any atom is 0.417 e. The Morgan fingerprint density at radius 1 is 1.37 bits per heavy atom. The van der Waals surface area contributed by atoms with Crippen molar-refractivity contribution in [1.82, 2.24) is 0 Å². The Morgan fingerprint density at radius 3 is 2.53 bits per heavy atom. The third kappa shape index (κ3) is 4.47. The van der Waals surface area contributed by atoms with E-state index in [-0.39, 0.29) is 10.4 Å². The molecule has 0 saturated carbocycles. The molecule has 1 rings (SSSR count). The highest BCUT2D eigenvalue weighted by molar-refractivity contribution is 9.10. The summed E-state index contributed by atoms with van der Waals surface area (Å²) in [6.45, 7) is 2.44. The first-order chi connectivity index (χ1) is 8.77. The topological polar surface area (TPSA) is 35.2 Å². The number of methoxy groups -OCH3 is 1. The number of hydrogen-bond acceptors (Lipinski definition) is 2. The highest BCUT2D eigenvalue weighted by atomic mass is 79.9. The van der Waals surface area contributed by atoms with Crippen molar-refractivity contribution in [2.75, 3.05) is 13.7 Å². The van der Waals surface area contributed by atoms with Crippen LogP contribution in [0.2, 0.25) is 0 Å². The fourth-order valence-electron chi connectivity index (χ4n) is 1.78. The van der Waals surface area contributed by atoms with E-state index in [4.69, 9.17) is 10.5 Å². The van der Waals surface area contributed by atoms with Gasteiger partial charge in [0.25, 0.3) is 0 Å². The Bertz CT molecular complexity index is 423. The van der Waals surface area contributed by atoms with Crippen LogP contribution in [-0.4, -0.2) is 13.7 Å². The maximum absolute atomic E-state index is 12.8. The van der Waals surface area contributed by atoms with Gasteiger partial charge in [0.2, 0.25) is 0 Å². The highest BCUT2D eigenvalue weighted by Crippen LogP contribution is 2.37. The van der Waals surface area contributed by atoms with Crippen LogP contribution in [0.15, 0.2) is 22.7 Å². The molecular weight excluding hydrogens is 323 g/mol. The second kappa shape index (κ2) is 6.72. The Kier molecular flexibility index (Phi) is 5.82. The van der Waals surface area contributed by atoms with Crippen LogP contribution in [0.25, 0.3) is 0 Å². The first-order valence-corrected chi connectivity index (χ1v) is 6.67. The van der Waals surface area contributed by atoms with Crippen LogP contribution in [0.3, 0.4) is 0 Å². The van der Waals surface area contributed by atoms with Crippen LogP contribution in [-0.2, 0) is 10.9 Å². The Hall–Kier alpha value is -0.590. The molecule has 1 aromatic rings. The molecule has 0 aliphatic rings. The van der Waals surface area contributed by atoms with Gasteiger partial charge in [-0.15, -0.1) is 0 Å². The lowest BCUT2D eigenvalue weighted by atomic mass is 9.92. The van der Waals surface area contributed by atoms with Gasteiger partial charge in [-0.25, -0.2) is 0 Å². The van der Waals surface area contributed by atoms with Crippen LogP contribution in [0.1, 0.15) is 30.5 Å². The standard InChI is InChI=1S/C13H17BrF3NO/c1-8(5-6-19-2)12(18)9-3-4-11(14)10(7-9)13(15,16)17/h3-4,7-8,12H,5-6,18H2,1-2H3. The summed E-state index contributed by atoms with van der Waals surface area (Å²) in [5.41, 5.74) is 5.79. The van der Waals surface area contributed by atoms with E-state index >= 15 is 0 Å². The smallest absolute Gasteiger partial charge is 0.385 e. The average Bonchev–Trinajstić information content (AvgIpc) is 2.34. The minimum atomic E-state index is -4.38. The minimum absolute atomic E-state index is 0.0282. The maximum atomic E-state index is 12.8. The Labute approximate surface area is 119 Å². The van der Waals surface area contributed by atoms with Crippen molar-refractivity contribution < 1.29 is 17.9 Å². The molecule has 2 nitrogen and oxygen atoms in total. The molecule has 1 aromatic carbocycles. The monoisotopic (exact) mass is 339 g/mol. The minimum Gasteiger partial charge on any atom is -0.385 e. The van der Waals surface area contributed by atoms with Crippen molar-refractivity contribution in [1.29, 1.82) is 0 Å². The zero-order valence-electron chi connectivity index (χ0n) is 10.8. The van der Waals surface area contributed by atoms with Crippen LogP contribution in [0.4, 0.5) is 13.2 Å². The lowest BCUT2D eigenvalue weighted by Gasteiger charge is -2.21. The van der Waals surface area contributed by atoms with Gasteiger partial charge >= 0.3 is 6.18 Å². The second-order valence-corrected chi connectivity index (χ2v) is 5.38. The van der Waals surface area contributed by atoms with E-state index in [1.807, 2.05) is 6.92 Å². The summed E-state index contributed by atoms with van der Waals surface area (Å²) in [4.78, 5) is 0. The van der Waals surface area contributed by atoms with Crippen molar-refractivity contribution in [2.45, 2.75) is 25.6 Å². The quantitative estimate of drug-likeness (QED) is 0.874. The first kappa shape index (κ1) is 16.5. The predicted octanol–water partition coefficient (Wildman–Crippen LogP) is 4.14. The fourth-order valence-corrected chi connectivity index (χ4v) is 2.25. The number of halogens is 4. The lowest BCUT2D eigenvalue weighted by Crippen LogP contribution is -2.21. The lowest BCUT2D eigenvalue weighted by molar-refractivity contribution is -0.138. The van der Waals surface area contributed by atoms with Gasteiger partial charge in [-0.2, -0.15) is 13.2 Å². The molecule has 108 valence electrons. The molecule has 2 unspecified atom stereocenters. The summed E-state index contributed by atoms with van der Waals surface area (Å²) in [6, 6.07) is 3.68. The van der Waals surface area contributed by atoms with E-state index in [1.165, 1.54) is 6.07 Å². The third-order valence-corrected chi connectivity index (χ3v) is 3.76.